The minimum absolute atomic E-state index is 0.0184. The van der Waals surface area contributed by atoms with Crippen LogP contribution in [0.15, 0.2) is 112 Å². The van der Waals surface area contributed by atoms with Crippen LogP contribution in [0.5, 0.6) is 5.75 Å². The molecule has 0 spiro atoms. The van der Waals surface area contributed by atoms with Gasteiger partial charge in [0.05, 0.1) is 34.5 Å². The summed E-state index contributed by atoms with van der Waals surface area (Å²) in [5, 5.41) is 12.3. The molecule has 4 aromatic carbocycles. The molecular weight excluding hydrogens is 518 g/mol. The van der Waals surface area contributed by atoms with Gasteiger partial charge in [0.25, 0.3) is 15.9 Å². The molecule has 0 radical (unpaired) electrons. The summed E-state index contributed by atoms with van der Waals surface area (Å²) in [6.07, 6.45) is 0. The summed E-state index contributed by atoms with van der Waals surface area (Å²) >= 11 is 1.31. The van der Waals surface area contributed by atoms with Crippen LogP contribution in [0.2, 0.25) is 0 Å². The molecule has 0 unspecified atom stereocenters. The molecule has 1 amide bonds. The average Bonchev–Trinajstić information content (AvgIpc) is 2.94. The van der Waals surface area contributed by atoms with Crippen molar-refractivity contribution in [2.45, 2.75) is 21.6 Å². The third-order valence-corrected chi connectivity index (χ3v) is 8.75. The summed E-state index contributed by atoms with van der Waals surface area (Å²) in [6.45, 7) is 1.99. The van der Waals surface area contributed by atoms with E-state index in [1.165, 1.54) is 41.4 Å². The van der Waals surface area contributed by atoms with Crippen LogP contribution in [-0.4, -0.2) is 28.0 Å². The molecule has 1 N–H and O–H groups in total. The summed E-state index contributed by atoms with van der Waals surface area (Å²) in [7, 11) is -2.47. The predicted molar refractivity (Wildman–Crippen MR) is 149 cm³/mol. The van der Waals surface area contributed by atoms with E-state index in [4.69, 9.17) is 4.74 Å². The second-order valence-corrected chi connectivity index (χ2v) is 11.0. The van der Waals surface area contributed by atoms with E-state index in [9.17, 15) is 18.5 Å². The fraction of sp³-hybridized carbons (Fsp3) is 0.103. The topological polar surface area (TPSA) is 99.5 Å². The molecule has 4 rings (SSSR count). The van der Waals surface area contributed by atoms with Crippen molar-refractivity contribution >= 4 is 39.1 Å². The lowest BCUT2D eigenvalue weighted by molar-refractivity contribution is 0.102. The molecule has 4 aromatic rings. The number of sulfonamides is 1. The van der Waals surface area contributed by atoms with E-state index in [1.807, 2.05) is 24.3 Å². The number of carbonyl (C=O) groups is 1. The summed E-state index contributed by atoms with van der Waals surface area (Å²) in [6, 6.07) is 29.5. The number of rotatable bonds is 9. The highest BCUT2D eigenvalue weighted by molar-refractivity contribution is 7.99. The lowest BCUT2D eigenvalue weighted by Crippen LogP contribution is -2.30. The van der Waals surface area contributed by atoms with E-state index in [1.54, 1.807) is 61.5 Å². The number of hydrogen-bond acceptors (Lipinski definition) is 6. The molecule has 0 atom stereocenters. The molecule has 0 fully saturated rings. The zero-order chi connectivity index (χ0) is 27.1. The molecule has 0 saturated heterocycles. The van der Waals surface area contributed by atoms with E-state index in [0.717, 1.165) is 4.90 Å². The minimum Gasteiger partial charge on any atom is -0.495 e. The molecule has 7 nitrogen and oxygen atoms in total. The first-order chi connectivity index (χ1) is 18.4. The van der Waals surface area contributed by atoms with Crippen molar-refractivity contribution in [1.29, 1.82) is 5.26 Å². The monoisotopic (exact) mass is 543 g/mol. The Morgan fingerprint density at radius 3 is 2.29 bits per heavy atom. The summed E-state index contributed by atoms with van der Waals surface area (Å²) in [5.41, 5.74) is 1.64. The van der Waals surface area contributed by atoms with Gasteiger partial charge in [-0.1, -0.05) is 54.2 Å². The van der Waals surface area contributed by atoms with Gasteiger partial charge in [-0.2, -0.15) is 5.26 Å². The van der Waals surface area contributed by atoms with Crippen LogP contribution in [0.25, 0.3) is 0 Å². The lowest BCUT2D eigenvalue weighted by Gasteiger charge is -2.23. The molecular formula is C29H25N3O4S2. The second-order valence-electron chi connectivity index (χ2n) is 8.03. The zero-order valence-electron chi connectivity index (χ0n) is 20.8. The fourth-order valence-electron chi connectivity index (χ4n) is 3.86. The highest BCUT2D eigenvalue weighted by Gasteiger charge is 2.25. The summed E-state index contributed by atoms with van der Waals surface area (Å²) in [4.78, 5) is 14.8. The maximum atomic E-state index is 13.5. The van der Waals surface area contributed by atoms with Crippen LogP contribution in [-0.2, 0) is 10.0 Å². The Balaban J connectivity index is 1.67. The van der Waals surface area contributed by atoms with Crippen molar-refractivity contribution in [1.82, 2.24) is 0 Å². The Kier molecular flexibility index (Phi) is 8.36. The Bertz CT molecular complexity index is 1600. The van der Waals surface area contributed by atoms with Gasteiger partial charge in [0.2, 0.25) is 0 Å². The number of nitrogens with zero attached hydrogens (tertiary/aromatic N) is 2. The normalized spacial score (nSPS) is 10.9. The van der Waals surface area contributed by atoms with Crippen LogP contribution in [0.1, 0.15) is 22.8 Å². The number of carbonyl (C=O) groups excluding carboxylic acids is 1. The summed E-state index contributed by atoms with van der Waals surface area (Å²) in [5.74, 6) is -0.120. The van der Waals surface area contributed by atoms with Crippen molar-refractivity contribution in [3.8, 4) is 11.8 Å². The first kappa shape index (κ1) is 26.8. The standard InChI is InChI=1S/C29H25N3O4S2/c1-3-32(22-12-5-4-6-13-22)38(34,35)23-17-18-26(36-2)25(19-23)31-29(33)24-14-8-10-16-28(24)37-27-15-9-7-11-21(27)20-30/h4-19H,3H2,1-2H3,(H,31,33). The number of anilines is 2. The van der Waals surface area contributed by atoms with Gasteiger partial charge in [-0.25, -0.2) is 8.42 Å². The van der Waals surface area contributed by atoms with Crippen molar-refractivity contribution in [3.05, 3.63) is 108 Å². The van der Waals surface area contributed by atoms with Crippen molar-refractivity contribution < 1.29 is 17.9 Å². The van der Waals surface area contributed by atoms with Gasteiger partial charge in [0.1, 0.15) is 11.8 Å². The summed E-state index contributed by atoms with van der Waals surface area (Å²) < 4.78 is 33.8. The highest BCUT2D eigenvalue weighted by atomic mass is 32.2. The molecule has 0 heterocycles. The van der Waals surface area contributed by atoms with Gasteiger partial charge < -0.3 is 10.1 Å². The van der Waals surface area contributed by atoms with Gasteiger partial charge in [0, 0.05) is 16.3 Å². The zero-order valence-corrected chi connectivity index (χ0v) is 22.4. The molecule has 192 valence electrons. The van der Waals surface area contributed by atoms with E-state index in [0.29, 0.717) is 27.5 Å². The minimum atomic E-state index is -3.92. The number of para-hydroxylation sites is 1. The lowest BCUT2D eigenvalue weighted by atomic mass is 10.2. The van der Waals surface area contributed by atoms with Crippen molar-refractivity contribution in [2.24, 2.45) is 0 Å². The Hall–Kier alpha value is -4.26. The third kappa shape index (κ3) is 5.67. The van der Waals surface area contributed by atoms with Crippen LogP contribution < -0.4 is 14.4 Å². The number of amides is 1. The molecule has 9 heteroatoms. The number of methoxy groups -OCH3 is 1. The van der Waals surface area contributed by atoms with Gasteiger partial charge in [0.15, 0.2) is 0 Å². The van der Waals surface area contributed by atoms with Crippen LogP contribution >= 0.6 is 11.8 Å². The van der Waals surface area contributed by atoms with Crippen LogP contribution in [0, 0.1) is 11.3 Å². The van der Waals surface area contributed by atoms with E-state index < -0.39 is 15.9 Å². The van der Waals surface area contributed by atoms with Crippen molar-refractivity contribution in [2.75, 3.05) is 23.3 Å². The number of ether oxygens (including phenoxy) is 1. The molecule has 0 saturated carbocycles. The Labute approximate surface area is 226 Å². The first-order valence-corrected chi connectivity index (χ1v) is 14.0. The molecule has 38 heavy (non-hydrogen) atoms. The molecule has 0 bridgehead atoms. The Morgan fingerprint density at radius 2 is 1.61 bits per heavy atom. The van der Waals surface area contributed by atoms with Gasteiger partial charge in [-0.05, 0) is 61.5 Å². The fourth-order valence-corrected chi connectivity index (χ4v) is 6.38. The van der Waals surface area contributed by atoms with Gasteiger partial charge in [-0.15, -0.1) is 0 Å². The van der Waals surface area contributed by atoms with E-state index >= 15 is 0 Å². The number of benzene rings is 4. The highest BCUT2D eigenvalue weighted by Crippen LogP contribution is 2.35. The molecule has 0 aliphatic rings. The number of nitriles is 1. The average molecular weight is 544 g/mol. The first-order valence-electron chi connectivity index (χ1n) is 11.7. The Morgan fingerprint density at radius 1 is 0.947 bits per heavy atom. The van der Waals surface area contributed by atoms with Gasteiger partial charge >= 0.3 is 0 Å². The van der Waals surface area contributed by atoms with E-state index in [-0.39, 0.29) is 17.1 Å². The van der Waals surface area contributed by atoms with Crippen LogP contribution in [0.4, 0.5) is 11.4 Å². The predicted octanol–water partition coefficient (Wildman–Crippen LogP) is 6.19. The largest absolute Gasteiger partial charge is 0.495 e. The SMILES string of the molecule is CCN(c1ccccc1)S(=O)(=O)c1ccc(OC)c(NC(=O)c2ccccc2Sc2ccccc2C#N)c1. The number of hydrogen-bond donors (Lipinski definition) is 1. The third-order valence-electron chi connectivity index (χ3n) is 5.70. The maximum Gasteiger partial charge on any atom is 0.264 e. The van der Waals surface area contributed by atoms with E-state index in [2.05, 4.69) is 11.4 Å². The van der Waals surface area contributed by atoms with Crippen molar-refractivity contribution in [3.63, 3.8) is 0 Å². The molecule has 0 aromatic heterocycles. The molecule has 0 aliphatic carbocycles. The number of nitrogens with one attached hydrogen (secondary N) is 1. The quantitative estimate of drug-likeness (QED) is 0.270. The maximum absolute atomic E-state index is 13.5. The van der Waals surface area contributed by atoms with Crippen LogP contribution in [0.3, 0.4) is 0 Å². The molecule has 0 aliphatic heterocycles. The second kappa shape index (κ2) is 11.9. The van der Waals surface area contributed by atoms with Gasteiger partial charge in [-0.3, -0.25) is 9.10 Å². The smallest absolute Gasteiger partial charge is 0.264 e.